The smallest absolute Gasteiger partial charge is 0.316 e. The maximum atomic E-state index is 13.0. The molecule has 0 fully saturated rings. The van der Waals surface area contributed by atoms with Gasteiger partial charge in [0.05, 0.1) is 29.7 Å². The third-order valence-corrected chi connectivity index (χ3v) is 4.62. The summed E-state index contributed by atoms with van der Waals surface area (Å²) in [7, 11) is 0. The van der Waals surface area contributed by atoms with E-state index in [-0.39, 0.29) is 23.4 Å². The van der Waals surface area contributed by atoms with Crippen molar-refractivity contribution < 1.29 is 9.48 Å². The number of hydrazone groups is 1. The van der Waals surface area contributed by atoms with Gasteiger partial charge in [0, 0.05) is 24.5 Å². The molecule has 8 heteroatoms. The van der Waals surface area contributed by atoms with Crippen molar-refractivity contribution in [1.29, 1.82) is 0 Å². The molecule has 2 aliphatic heterocycles. The lowest BCUT2D eigenvalue weighted by atomic mass is 10.1. The van der Waals surface area contributed by atoms with E-state index < -0.39 is 6.17 Å². The van der Waals surface area contributed by atoms with E-state index in [0.29, 0.717) is 17.0 Å². The monoisotopic (exact) mass is 353 g/mol. The maximum Gasteiger partial charge on any atom is 0.337 e. The van der Waals surface area contributed by atoms with Crippen LogP contribution >= 0.6 is 0 Å². The van der Waals surface area contributed by atoms with Gasteiger partial charge in [-0.05, 0) is 27.7 Å². The van der Waals surface area contributed by atoms with Crippen LogP contribution in [0.25, 0.3) is 11.4 Å². The molecule has 1 unspecified atom stereocenters. The van der Waals surface area contributed by atoms with E-state index in [1.165, 1.54) is 10.5 Å². The Balaban J connectivity index is 1.90. The van der Waals surface area contributed by atoms with Crippen molar-refractivity contribution in [1.82, 2.24) is 19.0 Å². The number of fused-ring (bicyclic) bond motifs is 2. The molecule has 4 rings (SSSR count). The van der Waals surface area contributed by atoms with Gasteiger partial charge in [-0.1, -0.05) is 4.68 Å². The molecule has 26 heavy (non-hydrogen) atoms. The van der Waals surface area contributed by atoms with E-state index in [0.717, 1.165) is 0 Å². The molecule has 0 radical (unpaired) electrons. The van der Waals surface area contributed by atoms with Gasteiger partial charge in [0.2, 0.25) is 12.0 Å². The molecule has 2 aromatic rings. The summed E-state index contributed by atoms with van der Waals surface area (Å²) in [4.78, 5) is 34.1. The molecule has 134 valence electrons. The summed E-state index contributed by atoms with van der Waals surface area (Å²) in [6.45, 7) is 8.12. The minimum atomic E-state index is -0.605. The molecular formula is C18H21N6O2+. The van der Waals surface area contributed by atoms with Gasteiger partial charge >= 0.3 is 6.17 Å². The first-order valence-electron chi connectivity index (χ1n) is 8.68. The second kappa shape index (κ2) is 5.76. The number of carbonyl (C=O) groups excluding carboxylic acids is 1. The number of Topliss-reactive ketones (excluding diaryl/α,β-unsaturated/α-hetero) is 1. The fourth-order valence-corrected chi connectivity index (χ4v) is 3.28. The van der Waals surface area contributed by atoms with E-state index in [2.05, 4.69) is 9.98 Å². The van der Waals surface area contributed by atoms with Crippen LogP contribution in [0.3, 0.4) is 0 Å². The Labute approximate surface area is 150 Å². The molecule has 0 N–H and O–H groups in total. The Hall–Kier alpha value is -3.03. The lowest BCUT2D eigenvalue weighted by Gasteiger charge is -2.26. The van der Waals surface area contributed by atoms with Crippen molar-refractivity contribution in [2.75, 3.05) is 0 Å². The normalized spacial score (nSPS) is 19.5. The summed E-state index contributed by atoms with van der Waals surface area (Å²) in [5.74, 6) is 0.398. The summed E-state index contributed by atoms with van der Waals surface area (Å²) < 4.78 is 5.21. The predicted octanol–water partition coefficient (Wildman–Crippen LogP) is 1.12. The number of carbonyl (C=O) groups is 1. The van der Waals surface area contributed by atoms with Crippen LogP contribution in [-0.4, -0.2) is 54.1 Å². The lowest BCUT2D eigenvalue weighted by Crippen LogP contribution is -2.47. The minimum Gasteiger partial charge on any atom is -0.316 e. The number of aliphatic imine (C=N–C) groups is 1. The van der Waals surface area contributed by atoms with Crippen molar-refractivity contribution in [2.24, 2.45) is 4.99 Å². The average Bonchev–Trinajstić information content (AvgIpc) is 3.22. The molecule has 0 bridgehead atoms. The van der Waals surface area contributed by atoms with Gasteiger partial charge in [-0.25, -0.2) is 9.98 Å². The number of nitrogens with zero attached hydrogens (tertiary/aromatic N) is 6. The zero-order chi connectivity index (χ0) is 18.6. The summed E-state index contributed by atoms with van der Waals surface area (Å²) >= 11 is 0. The minimum absolute atomic E-state index is 0.126. The van der Waals surface area contributed by atoms with E-state index in [1.54, 1.807) is 31.0 Å². The quantitative estimate of drug-likeness (QED) is 0.775. The van der Waals surface area contributed by atoms with Crippen LogP contribution in [0.1, 0.15) is 39.4 Å². The summed E-state index contributed by atoms with van der Waals surface area (Å²) in [5, 5.41) is 1.97. The fourth-order valence-electron chi connectivity index (χ4n) is 3.28. The standard InChI is InChI=1S/C18H21N6O2/c1-11(2)21-7-5-15(25)22-10-14(20-18(21)22)13-9-24(12(3)4)23-8-6-19-17(23)16(13)26/h5-12,17H,1-4H3/q+1. The molecule has 0 aromatic carbocycles. The lowest BCUT2D eigenvalue weighted by molar-refractivity contribution is -0.693. The molecule has 0 saturated carbocycles. The predicted molar refractivity (Wildman–Crippen MR) is 98.4 cm³/mol. The number of hydrazine groups is 1. The number of ketones is 1. The zero-order valence-corrected chi connectivity index (χ0v) is 15.2. The van der Waals surface area contributed by atoms with Crippen LogP contribution in [0.5, 0.6) is 0 Å². The van der Waals surface area contributed by atoms with Crippen molar-refractivity contribution in [3.05, 3.63) is 40.7 Å². The van der Waals surface area contributed by atoms with Crippen LogP contribution in [0.4, 0.5) is 0 Å². The highest BCUT2D eigenvalue weighted by atomic mass is 16.1. The van der Waals surface area contributed by atoms with Crippen LogP contribution in [0.15, 0.2) is 34.4 Å². The first-order valence-corrected chi connectivity index (χ1v) is 8.68. The van der Waals surface area contributed by atoms with Crippen molar-refractivity contribution in [3.63, 3.8) is 0 Å². The molecule has 0 aliphatic carbocycles. The van der Waals surface area contributed by atoms with Crippen LogP contribution in [0.2, 0.25) is 0 Å². The molecule has 2 aromatic heterocycles. The van der Waals surface area contributed by atoms with E-state index >= 15 is 0 Å². The highest BCUT2D eigenvalue weighted by Gasteiger charge is 2.43. The largest absolute Gasteiger partial charge is 0.337 e. The molecule has 8 nitrogen and oxygen atoms in total. The third-order valence-electron chi connectivity index (χ3n) is 4.62. The van der Waals surface area contributed by atoms with Crippen LogP contribution in [0, 0.1) is 0 Å². The Morgan fingerprint density at radius 2 is 1.92 bits per heavy atom. The van der Waals surface area contributed by atoms with Crippen molar-refractivity contribution in [2.45, 2.75) is 45.9 Å². The molecule has 0 spiro atoms. The van der Waals surface area contributed by atoms with Gasteiger partial charge in [0.25, 0.3) is 11.3 Å². The number of hydrogen-bond donors (Lipinski definition) is 0. The average molecular weight is 353 g/mol. The van der Waals surface area contributed by atoms with Crippen LogP contribution in [-0.2, 0) is 4.79 Å². The summed E-state index contributed by atoms with van der Waals surface area (Å²) in [6.07, 6.45) is 7.99. The van der Waals surface area contributed by atoms with Gasteiger partial charge in [-0.2, -0.15) is 5.01 Å². The molecule has 0 saturated heterocycles. The Kier molecular flexibility index (Phi) is 3.64. The van der Waals surface area contributed by atoms with E-state index in [9.17, 15) is 9.59 Å². The van der Waals surface area contributed by atoms with Gasteiger partial charge in [0.15, 0.2) is 0 Å². The number of imidazole rings is 1. The Morgan fingerprint density at radius 1 is 1.15 bits per heavy atom. The number of aromatic nitrogens is 3. The number of hydrogen-bond acceptors (Lipinski definition) is 5. The zero-order valence-electron chi connectivity index (χ0n) is 15.2. The van der Waals surface area contributed by atoms with Gasteiger partial charge in [0.1, 0.15) is 0 Å². The van der Waals surface area contributed by atoms with E-state index in [1.807, 2.05) is 42.0 Å². The summed E-state index contributed by atoms with van der Waals surface area (Å²) in [6, 6.07) is 1.79. The highest BCUT2D eigenvalue weighted by Crippen LogP contribution is 2.26. The second-order valence-electron chi connectivity index (χ2n) is 7.03. The maximum absolute atomic E-state index is 13.0. The van der Waals surface area contributed by atoms with Crippen LogP contribution < -0.4 is 5.56 Å². The fraction of sp³-hybridized carbons (Fsp3) is 0.389. The third kappa shape index (κ3) is 2.33. The van der Waals surface area contributed by atoms with Crippen molar-refractivity contribution >= 4 is 29.6 Å². The number of rotatable bonds is 3. The molecule has 1 atom stereocenters. The first kappa shape index (κ1) is 16.4. The van der Waals surface area contributed by atoms with Gasteiger partial charge in [-0.15, -0.1) is 0 Å². The van der Waals surface area contributed by atoms with Crippen molar-refractivity contribution in [3.8, 4) is 0 Å². The highest BCUT2D eigenvalue weighted by molar-refractivity contribution is 6.25. The topological polar surface area (TPSA) is 75.0 Å². The molecule has 0 amide bonds. The van der Waals surface area contributed by atoms with E-state index in [4.69, 9.17) is 0 Å². The SMILES string of the molecule is CC(C)N1C=C(c2cn3c(=O)ccn(C(C)C)c3n2)C(=O)C2N=CC=[N+]21. The molecule has 4 heterocycles. The second-order valence-corrected chi connectivity index (χ2v) is 7.03. The Morgan fingerprint density at radius 3 is 2.62 bits per heavy atom. The van der Waals surface area contributed by atoms with Gasteiger partial charge in [-0.3, -0.25) is 14.0 Å². The molecular weight excluding hydrogens is 332 g/mol. The van der Waals surface area contributed by atoms with Gasteiger partial charge < -0.3 is 4.57 Å². The Bertz CT molecular complexity index is 1050. The summed E-state index contributed by atoms with van der Waals surface area (Å²) in [5.41, 5.74) is 0.778. The first-order chi connectivity index (χ1) is 12.4. The molecule has 2 aliphatic rings.